The van der Waals surface area contributed by atoms with Crippen LogP contribution < -0.4 is 23.9 Å². The van der Waals surface area contributed by atoms with Gasteiger partial charge in [0.15, 0.2) is 0 Å². The number of hydrogen-bond acceptors (Lipinski definition) is 4. The summed E-state index contributed by atoms with van der Waals surface area (Å²) in [4.78, 5) is 7.24. The van der Waals surface area contributed by atoms with Gasteiger partial charge in [0, 0.05) is 6.20 Å². The highest BCUT2D eigenvalue weighted by Crippen LogP contribution is 1.94. The van der Waals surface area contributed by atoms with Gasteiger partial charge in [-0.05, 0) is 6.07 Å². The molecule has 0 fully saturated rings. The predicted molar refractivity (Wildman–Crippen MR) is 32.0 cm³/mol. The van der Waals surface area contributed by atoms with E-state index in [1.807, 2.05) is 0 Å². The van der Waals surface area contributed by atoms with Gasteiger partial charge in [-0.2, -0.15) is 4.98 Å². The third-order valence-electron chi connectivity index (χ3n) is 0.696. The van der Waals surface area contributed by atoms with E-state index in [-0.39, 0.29) is 19.8 Å². The monoisotopic (exact) mass is 146 g/mol. The molecule has 1 rings (SSSR count). The van der Waals surface area contributed by atoms with E-state index in [0.29, 0.717) is 5.82 Å². The summed E-state index contributed by atoms with van der Waals surface area (Å²) in [5, 5.41) is 0. The SMILES string of the molecule is Nc1ccnc(N)n1.[Cl-].[H+]. The van der Waals surface area contributed by atoms with Crippen LogP contribution in [0.5, 0.6) is 0 Å². The minimum Gasteiger partial charge on any atom is -1.00 e. The topological polar surface area (TPSA) is 77.8 Å². The van der Waals surface area contributed by atoms with Crippen LogP contribution in [0.2, 0.25) is 0 Å². The predicted octanol–water partition coefficient (Wildman–Crippen LogP) is -3.24. The van der Waals surface area contributed by atoms with Crippen LogP contribution in [0.4, 0.5) is 11.8 Å². The highest BCUT2D eigenvalue weighted by atomic mass is 35.5. The lowest BCUT2D eigenvalue weighted by molar-refractivity contribution is -0.00000197. The number of rotatable bonds is 0. The van der Waals surface area contributed by atoms with Crippen molar-refractivity contribution in [1.82, 2.24) is 9.97 Å². The molecular formula is C4H7ClN4. The molecule has 4 N–H and O–H groups in total. The zero-order chi connectivity index (χ0) is 5.98. The summed E-state index contributed by atoms with van der Waals surface area (Å²) in [6.45, 7) is 0. The van der Waals surface area contributed by atoms with Crippen LogP contribution in [0.3, 0.4) is 0 Å². The molecule has 0 bridgehead atoms. The number of anilines is 2. The molecular weight excluding hydrogens is 140 g/mol. The van der Waals surface area contributed by atoms with Crippen LogP contribution in [0.1, 0.15) is 1.43 Å². The third-order valence-corrected chi connectivity index (χ3v) is 0.696. The van der Waals surface area contributed by atoms with E-state index in [2.05, 4.69) is 9.97 Å². The van der Waals surface area contributed by atoms with E-state index in [0.717, 1.165) is 0 Å². The third kappa shape index (κ3) is 2.14. The zero-order valence-corrected chi connectivity index (χ0v) is 5.34. The molecule has 0 aliphatic rings. The Bertz CT molecular complexity index is 177. The lowest BCUT2D eigenvalue weighted by Gasteiger charge is -1.89. The molecule has 0 atom stereocenters. The minimum atomic E-state index is 0. The lowest BCUT2D eigenvalue weighted by atomic mass is 10.6. The molecule has 4 nitrogen and oxygen atoms in total. The Morgan fingerprint density at radius 2 is 2.11 bits per heavy atom. The first-order valence-corrected chi connectivity index (χ1v) is 2.13. The van der Waals surface area contributed by atoms with Crippen molar-refractivity contribution in [2.45, 2.75) is 0 Å². The first kappa shape index (κ1) is 7.97. The Hall–Kier alpha value is -1.03. The smallest absolute Gasteiger partial charge is 1.00 e. The molecule has 0 aromatic carbocycles. The number of halogens is 1. The zero-order valence-electron chi connectivity index (χ0n) is 5.58. The second-order valence-electron chi connectivity index (χ2n) is 1.34. The normalized spacial score (nSPS) is 8.00. The Kier molecular flexibility index (Phi) is 2.73. The summed E-state index contributed by atoms with van der Waals surface area (Å²) >= 11 is 0. The molecule has 0 aliphatic carbocycles. The fourth-order valence-electron chi connectivity index (χ4n) is 0.388. The molecule has 0 saturated carbocycles. The van der Waals surface area contributed by atoms with Crippen molar-refractivity contribution in [3.63, 3.8) is 0 Å². The summed E-state index contributed by atoms with van der Waals surface area (Å²) in [6.07, 6.45) is 1.51. The van der Waals surface area contributed by atoms with Gasteiger partial charge in [-0.15, -0.1) is 0 Å². The summed E-state index contributed by atoms with van der Waals surface area (Å²) in [5.41, 5.74) is 10.4. The molecule has 1 heterocycles. The van der Waals surface area contributed by atoms with E-state index < -0.39 is 0 Å². The van der Waals surface area contributed by atoms with Gasteiger partial charge in [0.1, 0.15) is 5.82 Å². The molecule has 0 saturated heterocycles. The van der Waals surface area contributed by atoms with Crippen LogP contribution in [0.15, 0.2) is 12.3 Å². The van der Waals surface area contributed by atoms with Crippen LogP contribution in [0, 0.1) is 0 Å². The van der Waals surface area contributed by atoms with Gasteiger partial charge in [-0.3, -0.25) is 0 Å². The van der Waals surface area contributed by atoms with Crippen LogP contribution >= 0.6 is 0 Å². The molecule has 0 radical (unpaired) electrons. The summed E-state index contributed by atoms with van der Waals surface area (Å²) in [5.74, 6) is 0.613. The van der Waals surface area contributed by atoms with E-state index in [1.54, 1.807) is 6.07 Å². The van der Waals surface area contributed by atoms with Crippen LogP contribution in [0.25, 0.3) is 0 Å². The quantitative estimate of drug-likeness (QED) is 0.403. The van der Waals surface area contributed by atoms with Crippen molar-refractivity contribution in [2.24, 2.45) is 0 Å². The number of hydrogen-bond donors (Lipinski definition) is 2. The van der Waals surface area contributed by atoms with Crippen molar-refractivity contribution < 1.29 is 13.8 Å². The van der Waals surface area contributed by atoms with Crippen molar-refractivity contribution in [2.75, 3.05) is 11.5 Å². The van der Waals surface area contributed by atoms with E-state index in [9.17, 15) is 0 Å². The molecule has 0 unspecified atom stereocenters. The van der Waals surface area contributed by atoms with Gasteiger partial charge in [0.05, 0.1) is 0 Å². The Morgan fingerprint density at radius 3 is 2.44 bits per heavy atom. The minimum absolute atomic E-state index is 0. The largest absolute Gasteiger partial charge is 1.00 e. The van der Waals surface area contributed by atoms with E-state index in [1.165, 1.54) is 6.20 Å². The molecule has 0 aliphatic heterocycles. The molecule has 50 valence electrons. The average Bonchev–Trinajstić information content (AvgIpc) is 1.64. The van der Waals surface area contributed by atoms with E-state index >= 15 is 0 Å². The first-order valence-electron chi connectivity index (χ1n) is 2.13. The van der Waals surface area contributed by atoms with Crippen LogP contribution in [-0.4, -0.2) is 9.97 Å². The molecule has 9 heavy (non-hydrogen) atoms. The summed E-state index contributed by atoms with van der Waals surface area (Å²) in [7, 11) is 0. The Labute approximate surface area is 60.2 Å². The summed E-state index contributed by atoms with van der Waals surface area (Å²) in [6, 6.07) is 1.58. The number of aromatic nitrogens is 2. The first-order chi connectivity index (χ1) is 3.79. The maximum absolute atomic E-state index is 5.23. The maximum Gasteiger partial charge on any atom is 1.00 e. The molecule has 0 amide bonds. The number of nitrogen functional groups attached to an aromatic ring is 2. The fraction of sp³-hybridized carbons (Fsp3) is 0. The Balaban J connectivity index is 0. The average molecular weight is 147 g/mol. The fourth-order valence-corrected chi connectivity index (χ4v) is 0.388. The Morgan fingerprint density at radius 1 is 1.44 bits per heavy atom. The second-order valence-corrected chi connectivity index (χ2v) is 1.34. The highest BCUT2D eigenvalue weighted by molar-refractivity contribution is 5.31. The second kappa shape index (κ2) is 3.09. The van der Waals surface area contributed by atoms with Gasteiger partial charge in [-0.25, -0.2) is 4.98 Å². The standard InChI is InChI=1S/C4H6N4.ClH/c5-3-1-2-7-4(6)8-3;/h1-2H,(H4,5,6,7,8);1H. The number of nitrogens with zero attached hydrogens (tertiary/aromatic N) is 2. The van der Waals surface area contributed by atoms with Crippen LogP contribution in [-0.2, 0) is 0 Å². The molecule has 1 aromatic rings. The molecule has 5 heteroatoms. The summed E-state index contributed by atoms with van der Waals surface area (Å²) < 4.78 is 0. The maximum atomic E-state index is 5.23. The van der Waals surface area contributed by atoms with Crippen molar-refractivity contribution in [3.8, 4) is 0 Å². The van der Waals surface area contributed by atoms with Crippen molar-refractivity contribution in [3.05, 3.63) is 12.3 Å². The molecule has 1 aromatic heterocycles. The van der Waals surface area contributed by atoms with Gasteiger partial charge in [0.2, 0.25) is 5.95 Å². The van der Waals surface area contributed by atoms with E-state index in [4.69, 9.17) is 11.5 Å². The van der Waals surface area contributed by atoms with Gasteiger partial charge in [0.25, 0.3) is 0 Å². The number of nitrogens with two attached hydrogens (primary N) is 2. The van der Waals surface area contributed by atoms with Crippen molar-refractivity contribution >= 4 is 11.8 Å². The molecule has 0 spiro atoms. The van der Waals surface area contributed by atoms with Gasteiger partial charge >= 0.3 is 1.43 Å². The van der Waals surface area contributed by atoms with Gasteiger partial charge in [-0.1, -0.05) is 0 Å². The van der Waals surface area contributed by atoms with Gasteiger partial charge < -0.3 is 23.9 Å². The lowest BCUT2D eigenvalue weighted by Crippen LogP contribution is -3.00. The highest BCUT2D eigenvalue weighted by Gasteiger charge is 1.84. The van der Waals surface area contributed by atoms with Crippen molar-refractivity contribution in [1.29, 1.82) is 0 Å².